The zero-order chi connectivity index (χ0) is 12.9. The SMILES string of the molecule is C=CC(=O)OCCOC=CC(=O)OCCCO. The predicted molar refractivity (Wildman–Crippen MR) is 58.9 cm³/mol. The maximum absolute atomic E-state index is 10.9. The Hall–Kier alpha value is -1.82. The van der Waals surface area contributed by atoms with Crippen LogP contribution >= 0.6 is 0 Å². The Kier molecular flexibility index (Phi) is 9.55. The summed E-state index contributed by atoms with van der Waals surface area (Å²) in [6.45, 7) is 3.58. The highest BCUT2D eigenvalue weighted by Crippen LogP contribution is 1.87. The van der Waals surface area contributed by atoms with Gasteiger partial charge in [0.2, 0.25) is 0 Å². The molecule has 0 aliphatic heterocycles. The van der Waals surface area contributed by atoms with Crippen LogP contribution in [0.1, 0.15) is 6.42 Å². The summed E-state index contributed by atoms with van der Waals surface area (Å²) in [5, 5.41) is 8.44. The molecule has 0 saturated heterocycles. The number of rotatable bonds is 9. The second-order valence-corrected chi connectivity index (χ2v) is 2.79. The first kappa shape index (κ1) is 15.2. The highest BCUT2D eigenvalue weighted by molar-refractivity contribution is 5.81. The molecule has 0 heterocycles. The normalized spacial score (nSPS) is 9.94. The molecule has 0 bridgehead atoms. The predicted octanol–water partition coefficient (Wildman–Crippen LogP) is 0.171. The van der Waals surface area contributed by atoms with Crippen LogP contribution in [0.2, 0.25) is 0 Å². The third-order valence-corrected chi connectivity index (χ3v) is 1.46. The van der Waals surface area contributed by atoms with Crippen LogP contribution in [-0.2, 0) is 23.8 Å². The molecule has 0 rings (SSSR count). The van der Waals surface area contributed by atoms with Gasteiger partial charge in [0.1, 0.15) is 13.2 Å². The van der Waals surface area contributed by atoms with Crippen LogP contribution in [-0.4, -0.2) is 43.5 Å². The average Bonchev–Trinajstić information content (AvgIpc) is 2.33. The van der Waals surface area contributed by atoms with E-state index < -0.39 is 11.9 Å². The second kappa shape index (κ2) is 10.7. The molecule has 0 atom stereocenters. The van der Waals surface area contributed by atoms with Gasteiger partial charge in [-0.15, -0.1) is 0 Å². The molecule has 96 valence electrons. The fourth-order valence-corrected chi connectivity index (χ4v) is 0.706. The van der Waals surface area contributed by atoms with E-state index in [0.717, 1.165) is 18.4 Å². The molecule has 0 unspecified atom stereocenters. The van der Waals surface area contributed by atoms with Gasteiger partial charge >= 0.3 is 11.9 Å². The number of carbonyl (C=O) groups excluding carboxylic acids is 2. The van der Waals surface area contributed by atoms with E-state index in [1.54, 1.807) is 0 Å². The first-order valence-corrected chi connectivity index (χ1v) is 5.05. The first-order valence-electron chi connectivity index (χ1n) is 5.05. The van der Waals surface area contributed by atoms with Crippen molar-refractivity contribution in [3.63, 3.8) is 0 Å². The number of hydrogen-bond donors (Lipinski definition) is 1. The lowest BCUT2D eigenvalue weighted by atomic mass is 10.5. The Morgan fingerprint density at radius 1 is 1.12 bits per heavy atom. The van der Waals surface area contributed by atoms with Crippen molar-refractivity contribution in [3.05, 3.63) is 25.0 Å². The molecule has 0 aliphatic rings. The highest BCUT2D eigenvalue weighted by Gasteiger charge is 1.96. The third-order valence-electron chi connectivity index (χ3n) is 1.46. The van der Waals surface area contributed by atoms with Gasteiger partial charge in [0.05, 0.1) is 18.9 Å². The molecule has 0 saturated carbocycles. The van der Waals surface area contributed by atoms with Crippen molar-refractivity contribution in [2.75, 3.05) is 26.4 Å². The van der Waals surface area contributed by atoms with E-state index in [-0.39, 0.29) is 26.4 Å². The topological polar surface area (TPSA) is 82.1 Å². The van der Waals surface area contributed by atoms with Crippen LogP contribution < -0.4 is 0 Å². The molecule has 0 aromatic heterocycles. The lowest BCUT2D eigenvalue weighted by molar-refractivity contribution is -0.139. The van der Waals surface area contributed by atoms with Gasteiger partial charge in [-0.25, -0.2) is 9.59 Å². The molecule has 0 radical (unpaired) electrons. The minimum Gasteiger partial charge on any atom is -0.497 e. The zero-order valence-electron chi connectivity index (χ0n) is 9.46. The van der Waals surface area contributed by atoms with E-state index in [4.69, 9.17) is 9.84 Å². The summed E-state index contributed by atoms with van der Waals surface area (Å²) in [6, 6.07) is 0. The molecule has 0 spiro atoms. The van der Waals surface area contributed by atoms with Crippen molar-refractivity contribution in [2.45, 2.75) is 6.42 Å². The molecule has 6 heteroatoms. The molecular formula is C11H16O6. The fourth-order valence-electron chi connectivity index (χ4n) is 0.706. The van der Waals surface area contributed by atoms with Crippen molar-refractivity contribution in [2.24, 2.45) is 0 Å². The highest BCUT2D eigenvalue weighted by atomic mass is 16.6. The molecule has 1 N–H and O–H groups in total. The molecule has 0 aromatic carbocycles. The smallest absolute Gasteiger partial charge is 0.333 e. The molecule has 17 heavy (non-hydrogen) atoms. The van der Waals surface area contributed by atoms with E-state index in [1.807, 2.05) is 0 Å². The maximum atomic E-state index is 10.9. The quantitative estimate of drug-likeness (QED) is 0.269. The van der Waals surface area contributed by atoms with E-state index in [2.05, 4.69) is 16.1 Å². The van der Waals surface area contributed by atoms with Crippen molar-refractivity contribution in [3.8, 4) is 0 Å². The monoisotopic (exact) mass is 244 g/mol. The van der Waals surface area contributed by atoms with Gasteiger partial charge in [0.15, 0.2) is 0 Å². The number of carbonyl (C=O) groups is 2. The minimum absolute atomic E-state index is 0.0256. The van der Waals surface area contributed by atoms with E-state index in [0.29, 0.717) is 6.42 Å². The van der Waals surface area contributed by atoms with Crippen molar-refractivity contribution in [1.29, 1.82) is 0 Å². The zero-order valence-corrected chi connectivity index (χ0v) is 9.46. The van der Waals surface area contributed by atoms with Crippen LogP contribution in [0.3, 0.4) is 0 Å². The van der Waals surface area contributed by atoms with Gasteiger partial charge in [-0.2, -0.15) is 0 Å². The van der Waals surface area contributed by atoms with Crippen LogP contribution in [0.4, 0.5) is 0 Å². The van der Waals surface area contributed by atoms with Gasteiger partial charge in [0.25, 0.3) is 0 Å². The Bertz CT molecular complexity index is 271. The Morgan fingerprint density at radius 2 is 1.82 bits per heavy atom. The Balaban J connectivity index is 3.43. The van der Waals surface area contributed by atoms with Crippen LogP contribution in [0.5, 0.6) is 0 Å². The van der Waals surface area contributed by atoms with Gasteiger partial charge < -0.3 is 19.3 Å². The summed E-state index contributed by atoms with van der Waals surface area (Å²) in [5.41, 5.74) is 0. The van der Waals surface area contributed by atoms with Crippen molar-refractivity contribution < 1.29 is 28.9 Å². The van der Waals surface area contributed by atoms with Gasteiger partial charge in [-0.05, 0) is 0 Å². The van der Waals surface area contributed by atoms with Crippen molar-refractivity contribution >= 4 is 11.9 Å². The number of aliphatic hydroxyl groups excluding tert-OH is 1. The van der Waals surface area contributed by atoms with Gasteiger partial charge in [0, 0.05) is 19.1 Å². The van der Waals surface area contributed by atoms with Crippen LogP contribution in [0.15, 0.2) is 25.0 Å². The maximum Gasteiger partial charge on any atom is 0.333 e. The largest absolute Gasteiger partial charge is 0.497 e. The summed E-state index contributed by atoms with van der Waals surface area (Å²) >= 11 is 0. The minimum atomic E-state index is -0.554. The number of esters is 2. The van der Waals surface area contributed by atoms with Crippen molar-refractivity contribution in [1.82, 2.24) is 0 Å². The number of hydrogen-bond acceptors (Lipinski definition) is 6. The average molecular weight is 244 g/mol. The summed E-state index contributed by atoms with van der Waals surface area (Å²) in [7, 11) is 0. The van der Waals surface area contributed by atoms with Gasteiger partial charge in [-0.1, -0.05) is 6.58 Å². The van der Waals surface area contributed by atoms with Gasteiger partial charge in [-0.3, -0.25) is 0 Å². The molecule has 6 nitrogen and oxygen atoms in total. The fraction of sp³-hybridized carbons (Fsp3) is 0.455. The van der Waals surface area contributed by atoms with Crippen LogP contribution in [0.25, 0.3) is 0 Å². The summed E-state index contributed by atoms with van der Waals surface area (Å²) < 4.78 is 14.2. The molecule has 0 fully saturated rings. The third kappa shape index (κ3) is 10.5. The summed E-state index contributed by atoms with van der Waals surface area (Å²) in [6.07, 6.45) is 3.71. The summed E-state index contributed by atoms with van der Waals surface area (Å²) in [5.74, 6) is -1.08. The molecule has 0 aliphatic carbocycles. The first-order chi connectivity index (χ1) is 8.20. The number of ether oxygens (including phenoxy) is 3. The Morgan fingerprint density at radius 3 is 2.47 bits per heavy atom. The lowest BCUT2D eigenvalue weighted by Gasteiger charge is -2.01. The molecule has 0 aromatic rings. The second-order valence-electron chi connectivity index (χ2n) is 2.79. The molecule has 0 amide bonds. The van der Waals surface area contributed by atoms with Crippen LogP contribution in [0, 0.1) is 0 Å². The molecular weight excluding hydrogens is 228 g/mol. The Labute approximate surface area is 99.5 Å². The summed E-state index contributed by atoms with van der Waals surface area (Å²) in [4.78, 5) is 21.5. The van der Waals surface area contributed by atoms with E-state index >= 15 is 0 Å². The standard InChI is InChI=1S/C11H16O6/c1-2-10(13)17-9-8-15-7-4-11(14)16-6-3-5-12/h2,4,7,12H,1,3,5-6,8-9H2. The van der Waals surface area contributed by atoms with E-state index in [1.165, 1.54) is 0 Å². The number of aliphatic hydroxyl groups is 1. The lowest BCUT2D eigenvalue weighted by Crippen LogP contribution is -2.07. The van der Waals surface area contributed by atoms with E-state index in [9.17, 15) is 9.59 Å².